The number of rotatable bonds is 4. The van der Waals surface area contributed by atoms with Crippen molar-refractivity contribution in [2.45, 2.75) is 26.4 Å². The number of hydrogen-bond acceptors (Lipinski definition) is 4. The van der Waals surface area contributed by atoms with Gasteiger partial charge in [0, 0.05) is 18.5 Å². The van der Waals surface area contributed by atoms with E-state index >= 15 is 0 Å². The van der Waals surface area contributed by atoms with Gasteiger partial charge in [0.25, 0.3) is 0 Å². The Morgan fingerprint density at radius 2 is 1.83 bits per heavy atom. The SMILES string of the molecule is CC(C)(C)OC(=O)CN1CCN(c2cccc3c2cnn3-c2ccccc2F)C1=O. The molecule has 0 unspecified atom stereocenters. The highest BCUT2D eigenvalue weighted by atomic mass is 19.1. The number of nitrogens with zero attached hydrogens (tertiary/aromatic N) is 4. The van der Waals surface area contributed by atoms with Gasteiger partial charge in [-0.15, -0.1) is 0 Å². The molecule has 2 heterocycles. The maximum absolute atomic E-state index is 14.3. The van der Waals surface area contributed by atoms with E-state index in [-0.39, 0.29) is 18.4 Å². The van der Waals surface area contributed by atoms with E-state index in [2.05, 4.69) is 5.10 Å². The molecule has 2 aromatic carbocycles. The quantitative estimate of drug-likeness (QED) is 0.615. The third-order valence-corrected chi connectivity index (χ3v) is 4.80. The summed E-state index contributed by atoms with van der Waals surface area (Å²) in [7, 11) is 0. The van der Waals surface area contributed by atoms with Crippen LogP contribution in [0.15, 0.2) is 48.7 Å². The van der Waals surface area contributed by atoms with E-state index in [1.165, 1.54) is 15.6 Å². The summed E-state index contributed by atoms with van der Waals surface area (Å²) in [5.41, 5.74) is 1.10. The Bertz CT molecular complexity index is 1120. The number of benzene rings is 2. The van der Waals surface area contributed by atoms with E-state index in [0.717, 1.165) is 5.39 Å². The molecule has 1 aliphatic rings. The van der Waals surface area contributed by atoms with E-state index in [0.29, 0.717) is 30.0 Å². The summed E-state index contributed by atoms with van der Waals surface area (Å²) < 4.78 is 21.1. The predicted octanol–water partition coefficient (Wildman–Crippen LogP) is 3.75. The minimum absolute atomic E-state index is 0.100. The van der Waals surface area contributed by atoms with Crippen molar-refractivity contribution in [3.8, 4) is 5.69 Å². The van der Waals surface area contributed by atoms with Gasteiger partial charge in [0.2, 0.25) is 0 Å². The van der Waals surface area contributed by atoms with Crippen molar-refractivity contribution < 1.29 is 18.7 Å². The third kappa shape index (κ3) is 3.72. The molecule has 0 N–H and O–H groups in total. The largest absolute Gasteiger partial charge is 0.459 e. The first-order valence-corrected chi connectivity index (χ1v) is 9.74. The fourth-order valence-corrected chi connectivity index (χ4v) is 3.57. The number of hydrogen-bond donors (Lipinski definition) is 0. The van der Waals surface area contributed by atoms with Gasteiger partial charge in [-0.25, -0.2) is 13.9 Å². The number of aromatic nitrogens is 2. The molecule has 1 aliphatic heterocycles. The maximum atomic E-state index is 14.3. The fourth-order valence-electron chi connectivity index (χ4n) is 3.57. The second-order valence-electron chi connectivity index (χ2n) is 8.16. The molecule has 0 aliphatic carbocycles. The van der Waals surface area contributed by atoms with Crippen LogP contribution in [0.2, 0.25) is 0 Å². The highest BCUT2D eigenvalue weighted by molar-refractivity contribution is 6.04. The zero-order chi connectivity index (χ0) is 21.5. The molecule has 3 aromatic rings. The summed E-state index contributed by atoms with van der Waals surface area (Å²) in [6, 6.07) is 11.6. The number of anilines is 1. The lowest BCUT2D eigenvalue weighted by atomic mass is 10.2. The molecule has 1 aromatic heterocycles. The highest BCUT2D eigenvalue weighted by Gasteiger charge is 2.33. The summed E-state index contributed by atoms with van der Waals surface area (Å²) in [5.74, 6) is -0.822. The van der Waals surface area contributed by atoms with Gasteiger partial charge in [-0.1, -0.05) is 18.2 Å². The van der Waals surface area contributed by atoms with Gasteiger partial charge < -0.3 is 9.64 Å². The zero-order valence-corrected chi connectivity index (χ0v) is 17.1. The van der Waals surface area contributed by atoms with E-state index in [1.54, 1.807) is 56.1 Å². The molecule has 8 heteroatoms. The average molecular weight is 410 g/mol. The number of para-hydroxylation sites is 1. The molecule has 0 spiro atoms. The number of carbonyl (C=O) groups is 2. The Morgan fingerprint density at radius 1 is 1.10 bits per heavy atom. The van der Waals surface area contributed by atoms with Crippen LogP contribution in [0.5, 0.6) is 0 Å². The Kier molecular flexibility index (Phi) is 4.93. The van der Waals surface area contributed by atoms with Crippen molar-refractivity contribution in [2.24, 2.45) is 0 Å². The predicted molar refractivity (Wildman–Crippen MR) is 111 cm³/mol. The minimum Gasteiger partial charge on any atom is -0.459 e. The van der Waals surface area contributed by atoms with Crippen molar-refractivity contribution in [3.63, 3.8) is 0 Å². The van der Waals surface area contributed by atoms with Crippen molar-refractivity contribution in [1.29, 1.82) is 0 Å². The molecular weight excluding hydrogens is 387 g/mol. The number of ether oxygens (including phenoxy) is 1. The normalized spacial score (nSPS) is 14.6. The van der Waals surface area contributed by atoms with Crippen LogP contribution in [-0.4, -0.2) is 51.9 Å². The van der Waals surface area contributed by atoms with E-state index < -0.39 is 11.6 Å². The number of carbonyl (C=O) groups excluding carboxylic acids is 2. The molecule has 156 valence electrons. The van der Waals surface area contributed by atoms with Crippen LogP contribution in [0.3, 0.4) is 0 Å². The summed E-state index contributed by atoms with van der Waals surface area (Å²) in [6.07, 6.45) is 1.63. The second kappa shape index (κ2) is 7.44. The van der Waals surface area contributed by atoms with Crippen LogP contribution in [0, 0.1) is 5.82 Å². The lowest BCUT2D eigenvalue weighted by Crippen LogP contribution is -2.38. The van der Waals surface area contributed by atoms with E-state index in [4.69, 9.17) is 4.74 Å². The number of fused-ring (bicyclic) bond motifs is 1. The Hall–Kier alpha value is -3.42. The monoisotopic (exact) mass is 410 g/mol. The van der Waals surface area contributed by atoms with Crippen LogP contribution >= 0.6 is 0 Å². The second-order valence-corrected chi connectivity index (χ2v) is 8.16. The first-order chi connectivity index (χ1) is 14.2. The molecule has 4 rings (SSSR count). The first-order valence-electron chi connectivity index (χ1n) is 9.74. The fraction of sp³-hybridized carbons (Fsp3) is 0.318. The molecule has 7 nitrogen and oxygen atoms in total. The molecule has 0 bridgehead atoms. The molecule has 0 saturated carbocycles. The van der Waals surface area contributed by atoms with Crippen molar-refractivity contribution in [2.75, 3.05) is 24.5 Å². The maximum Gasteiger partial charge on any atom is 0.326 e. The van der Waals surface area contributed by atoms with Crippen LogP contribution < -0.4 is 4.90 Å². The topological polar surface area (TPSA) is 67.7 Å². The van der Waals surface area contributed by atoms with E-state index in [1.807, 2.05) is 12.1 Å². The Morgan fingerprint density at radius 3 is 2.57 bits per heavy atom. The standard InChI is InChI=1S/C22H23FN4O3/c1-22(2,3)30-20(28)14-25-11-12-26(21(25)29)17-9-6-10-18-15(17)13-24-27(18)19-8-5-4-7-16(19)23/h4-10,13H,11-12,14H2,1-3H3. The molecule has 0 atom stereocenters. The summed E-state index contributed by atoms with van der Waals surface area (Å²) in [4.78, 5) is 28.1. The average Bonchev–Trinajstić information content (AvgIpc) is 3.25. The lowest BCUT2D eigenvalue weighted by Gasteiger charge is -2.22. The van der Waals surface area contributed by atoms with Gasteiger partial charge >= 0.3 is 12.0 Å². The Balaban J connectivity index is 1.61. The highest BCUT2D eigenvalue weighted by Crippen LogP contribution is 2.31. The van der Waals surface area contributed by atoms with Gasteiger partial charge in [-0.05, 0) is 45.0 Å². The molecule has 0 radical (unpaired) electrons. The van der Waals surface area contributed by atoms with Gasteiger partial charge in [-0.3, -0.25) is 9.69 Å². The summed E-state index contributed by atoms with van der Waals surface area (Å²) in [5, 5.41) is 5.07. The third-order valence-electron chi connectivity index (χ3n) is 4.80. The number of amides is 2. The van der Waals surface area contributed by atoms with Gasteiger partial charge in [0.05, 0.1) is 17.4 Å². The van der Waals surface area contributed by atoms with Gasteiger partial charge in [-0.2, -0.15) is 5.10 Å². The zero-order valence-electron chi connectivity index (χ0n) is 17.1. The summed E-state index contributed by atoms with van der Waals surface area (Å²) >= 11 is 0. The minimum atomic E-state index is -0.605. The van der Waals surface area contributed by atoms with Crippen LogP contribution in [0.4, 0.5) is 14.9 Å². The van der Waals surface area contributed by atoms with E-state index in [9.17, 15) is 14.0 Å². The van der Waals surface area contributed by atoms with Crippen LogP contribution in [0.25, 0.3) is 16.6 Å². The molecule has 2 amide bonds. The summed E-state index contributed by atoms with van der Waals surface area (Å²) in [6.45, 7) is 6.11. The number of halogens is 1. The van der Waals surface area contributed by atoms with Gasteiger partial charge in [0.15, 0.2) is 0 Å². The number of urea groups is 1. The van der Waals surface area contributed by atoms with Gasteiger partial charge in [0.1, 0.15) is 23.7 Å². The van der Waals surface area contributed by atoms with Crippen molar-refractivity contribution in [1.82, 2.24) is 14.7 Å². The Labute approximate surface area is 173 Å². The van der Waals surface area contributed by atoms with Crippen molar-refractivity contribution in [3.05, 3.63) is 54.5 Å². The van der Waals surface area contributed by atoms with Crippen LogP contribution in [-0.2, 0) is 9.53 Å². The molecular formula is C22H23FN4O3. The lowest BCUT2D eigenvalue weighted by molar-refractivity contribution is -0.155. The molecule has 1 saturated heterocycles. The van der Waals surface area contributed by atoms with Crippen LogP contribution in [0.1, 0.15) is 20.8 Å². The molecule has 30 heavy (non-hydrogen) atoms. The smallest absolute Gasteiger partial charge is 0.326 e. The number of esters is 1. The van der Waals surface area contributed by atoms with Crippen molar-refractivity contribution >= 4 is 28.6 Å². The molecule has 1 fully saturated rings. The first kappa shape index (κ1) is 19.9.